The van der Waals surface area contributed by atoms with Gasteiger partial charge in [-0.15, -0.1) is 11.8 Å². The third kappa shape index (κ3) is 3.89. The van der Waals surface area contributed by atoms with Crippen LogP contribution < -0.4 is 9.64 Å². The molecule has 5 nitrogen and oxygen atoms in total. The molecule has 0 saturated carbocycles. The average molecular weight is 442 g/mol. The van der Waals surface area contributed by atoms with E-state index in [1.54, 1.807) is 18.9 Å². The molecule has 1 aliphatic heterocycles. The first kappa shape index (κ1) is 20.4. The topological polar surface area (TPSA) is 58.2 Å². The fraction of sp³-hybridized carbons (Fsp3) is 0.154. The van der Waals surface area contributed by atoms with Gasteiger partial charge in [0.2, 0.25) is 5.91 Å². The van der Waals surface area contributed by atoms with Crippen LogP contribution >= 0.6 is 11.8 Å². The summed E-state index contributed by atoms with van der Waals surface area (Å²) in [5, 5.41) is 7.35. The highest BCUT2D eigenvalue weighted by Gasteiger charge is 2.31. The van der Waals surface area contributed by atoms with E-state index in [1.807, 2.05) is 83.9 Å². The Morgan fingerprint density at radius 3 is 2.62 bits per heavy atom. The fourth-order valence-electron chi connectivity index (χ4n) is 4.11. The molecule has 32 heavy (non-hydrogen) atoms. The Balaban J connectivity index is 1.51. The van der Waals surface area contributed by atoms with Crippen LogP contribution in [0.3, 0.4) is 0 Å². The van der Waals surface area contributed by atoms with Crippen molar-refractivity contribution in [3.05, 3.63) is 96.2 Å². The monoisotopic (exact) mass is 441 g/mol. The minimum Gasteiger partial charge on any atom is -0.496 e. The van der Waals surface area contributed by atoms with Crippen molar-refractivity contribution in [2.45, 2.75) is 23.1 Å². The van der Waals surface area contributed by atoms with Gasteiger partial charge in [-0.1, -0.05) is 60.7 Å². The number of aromatic amines is 1. The van der Waals surface area contributed by atoms with Gasteiger partial charge in [-0.05, 0) is 23.8 Å². The molecule has 160 valence electrons. The molecule has 1 unspecified atom stereocenters. The molecule has 2 heterocycles. The van der Waals surface area contributed by atoms with E-state index in [-0.39, 0.29) is 11.2 Å². The molecule has 3 aromatic carbocycles. The molecule has 0 spiro atoms. The first-order valence-corrected chi connectivity index (χ1v) is 11.4. The van der Waals surface area contributed by atoms with Crippen molar-refractivity contribution < 1.29 is 9.53 Å². The Morgan fingerprint density at radius 1 is 1.03 bits per heavy atom. The summed E-state index contributed by atoms with van der Waals surface area (Å²) in [7, 11) is 1.67. The minimum atomic E-state index is -0.0252. The Labute approximate surface area is 191 Å². The predicted molar refractivity (Wildman–Crippen MR) is 128 cm³/mol. The molecule has 1 aliphatic rings. The fourth-order valence-corrected chi connectivity index (χ4v) is 5.42. The summed E-state index contributed by atoms with van der Waals surface area (Å²) in [4.78, 5) is 16.5. The van der Waals surface area contributed by atoms with Gasteiger partial charge in [0.05, 0.1) is 31.2 Å². The maximum atomic E-state index is 13.6. The smallest absolute Gasteiger partial charge is 0.228 e. The van der Waals surface area contributed by atoms with Crippen LogP contribution in [-0.4, -0.2) is 23.2 Å². The molecule has 4 aromatic rings. The Kier molecular flexibility index (Phi) is 5.69. The van der Waals surface area contributed by atoms with Crippen LogP contribution in [-0.2, 0) is 11.3 Å². The number of amides is 1. The van der Waals surface area contributed by atoms with Crippen molar-refractivity contribution in [1.82, 2.24) is 10.2 Å². The number of para-hydroxylation sites is 2. The van der Waals surface area contributed by atoms with Gasteiger partial charge < -0.3 is 9.64 Å². The highest BCUT2D eigenvalue weighted by molar-refractivity contribution is 7.99. The molecule has 0 aliphatic carbocycles. The number of hydrogen-bond acceptors (Lipinski definition) is 4. The number of benzene rings is 3. The van der Waals surface area contributed by atoms with E-state index < -0.39 is 0 Å². The van der Waals surface area contributed by atoms with Crippen molar-refractivity contribution in [3.8, 4) is 17.0 Å². The Hall–Kier alpha value is -3.51. The van der Waals surface area contributed by atoms with E-state index in [1.165, 1.54) is 0 Å². The molecule has 1 amide bonds. The quantitative estimate of drug-likeness (QED) is 0.422. The van der Waals surface area contributed by atoms with Gasteiger partial charge in [0.1, 0.15) is 5.75 Å². The van der Waals surface area contributed by atoms with Crippen molar-refractivity contribution in [3.63, 3.8) is 0 Å². The lowest BCUT2D eigenvalue weighted by Gasteiger charge is -2.23. The zero-order chi connectivity index (χ0) is 21.9. The van der Waals surface area contributed by atoms with Crippen molar-refractivity contribution in [1.29, 1.82) is 0 Å². The molecule has 0 fully saturated rings. The number of nitrogens with zero attached hydrogens (tertiary/aromatic N) is 2. The van der Waals surface area contributed by atoms with Crippen LogP contribution in [0.1, 0.15) is 22.8 Å². The number of hydrogen-bond donors (Lipinski definition) is 1. The summed E-state index contributed by atoms with van der Waals surface area (Å²) in [5.41, 5.74) is 4.95. The highest BCUT2D eigenvalue weighted by Crippen LogP contribution is 2.48. The summed E-state index contributed by atoms with van der Waals surface area (Å²) in [6.07, 6.45) is 2.20. The van der Waals surface area contributed by atoms with Crippen molar-refractivity contribution in [2.75, 3.05) is 12.0 Å². The zero-order valence-electron chi connectivity index (χ0n) is 17.7. The van der Waals surface area contributed by atoms with Gasteiger partial charge in [0.15, 0.2) is 0 Å². The van der Waals surface area contributed by atoms with Gasteiger partial charge >= 0.3 is 0 Å². The normalized spacial score (nSPS) is 15.8. The van der Waals surface area contributed by atoms with Crippen LogP contribution in [0.15, 0.2) is 90.0 Å². The number of methoxy groups -OCH3 is 1. The second-order valence-corrected chi connectivity index (χ2v) is 8.88. The molecule has 5 rings (SSSR count). The van der Waals surface area contributed by atoms with E-state index >= 15 is 0 Å². The molecule has 1 aromatic heterocycles. The Bertz CT molecular complexity index is 1240. The number of rotatable bonds is 5. The third-order valence-corrected chi connectivity index (χ3v) is 6.99. The highest BCUT2D eigenvalue weighted by atomic mass is 32.2. The standard InChI is InChI=1S/C26H23N3O2S/c1-31-22-13-7-5-11-20(22)24-15-25(30)29(21-12-6-8-14-23(21)32-24)17-19-16-27-28-26(19)18-9-3-2-4-10-18/h2-14,16,24H,15,17H2,1H3,(H,27,28). The number of anilines is 1. The lowest BCUT2D eigenvalue weighted by atomic mass is 10.1. The summed E-state index contributed by atoms with van der Waals surface area (Å²) >= 11 is 1.72. The van der Waals surface area contributed by atoms with E-state index in [2.05, 4.69) is 16.3 Å². The van der Waals surface area contributed by atoms with Gasteiger partial charge in [-0.3, -0.25) is 9.89 Å². The lowest BCUT2D eigenvalue weighted by Crippen LogP contribution is -2.30. The molecule has 0 saturated heterocycles. The summed E-state index contributed by atoms with van der Waals surface area (Å²) in [6, 6.07) is 26.1. The van der Waals surface area contributed by atoms with Gasteiger partial charge in [-0.2, -0.15) is 5.10 Å². The second kappa shape index (κ2) is 8.93. The zero-order valence-corrected chi connectivity index (χ0v) is 18.5. The van der Waals surface area contributed by atoms with Crippen LogP contribution in [0.2, 0.25) is 0 Å². The van der Waals surface area contributed by atoms with Crippen molar-refractivity contribution in [2.24, 2.45) is 0 Å². The minimum absolute atomic E-state index is 0.0252. The lowest BCUT2D eigenvalue weighted by molar-refractivity contribution is -0.118. The van der Waals surface area contributed by atoms with Crippen LogP contribution in [0.25, 0.3) is 11.3 Å². The van der Waals surface area contributed by atoms with Crippen molar-refractivity contribution >= 4 is 23.4 Å². The molecular weight excluding hydrogens is 418 g/mol. The van der Waals surface area contributed by atoms with E-state index in [9.17, 15) is 4.79 Å². The van der Waals surface area contributed by atoms with Gasteiger partial charge in [0.25, 0.3) is 0 Å². The molecule has 1 N–H and O–H groups in total. The van der Waals surface area contributed by atoms with Gasteiger partial charge in [-0.25, -0.2) is 0 Å². The van der Waals surface area contributed by atoms with E-state index in [0.717, 1.165) is 38.7 Å². The molecule has 0 radical (unpaired) electrons. The summed E-state index contributed by atoms with van der Waals surface area (Å²) < 4.78 is 5.59. The largest absolute Gasteiger partial charge is 0.496 e. The number of fused-ring (bicyclic) bond motifs is 1. The van der Waals surface area contributed by atoms with Crippen LogP contribution in [0.5, 0.6) is 5.75 Å². The van der Waals surface area contributed by atoms with E-state index in [0.29, 0.717) is 13.0 Å². The number of aromatic nitrogens is 2. The van der Waals surface area contributed by atoms with Crippen LogP contribution in [0, 0.1) is 0 Å². The maximum absolute atomic E-state index is 13.6. The summed E-state index contributed by atoms with van der Waals surface area (Å²) in [6.45, 7) is 0.454. The second-order valence-electron chi connectivity index (χ2n) is 7.64. The average Bonchev–Trinajstić information content (AvgIpc) is 3.26. The van der Waals surface area contributed by atoms with Gasteiger partial charge in [0, 0.05) is 27.7 Å². The Morgan fingerprint density at radius 2 is 1.78 bits per heavy atom. The number of carbonyl (C=O) groups excluding carboxylic acids is 1. The number of carbonyl (C=O) groups is 1. The molecule has 1 atom stereocenters. The van der Waals surface area contributed by atoms with E-state index in [4.69, 9.17) is 4.74 Å². The number of ether oxygens (including phenoxy) is 1. The summed E-state index contributed by atoms with van der Waals surface area (Å²) in [5.74, 6) is 0.892. The SMILES string of the molecule is COc1ccccc1C1CC(=O)N(Cc2cn[nH]c2-c2ccccc2)c2ccccc2S1. The first-order chi connectivity index (χ1) is 15.7. The maximum Gasteiger partial charge on any atom is 0.228 e. The number of thioether (sulfide) groups is 1. The number of nitrogens with one attached hydrogen (secondary N) is 1. The first-order valence-electron chi connectivity index (χ1n) is 10.5. The van der Waals surface area contributed by atoms with Crippen LogP contribution in [0.4, 0.5) is 5.69 Å². The number of H-pyrrole nitrogens is 1. The molecular formula is C26H23N3O2S. The third-order valence-electron chi connectivity index (χ3n) is 5.68. The molecule has 0 bridgehead atoms. The predicted octanol–water partition coefficient (Wildman–Crippen LogP) is 5.86. The molecule has 6 heteroatoms.